The highest BCUT2D eigenvalue weighted by Gasteiger charge is 2.24. The molecule has 0 aliphatic carbocycles. The minimum absolute atomic E-state index is 0.00298. The molecule has 1 amide bonds. The van der Waals surface area contributed by atoms with E-state index in [0.717, 1.165) is 25.1 Å². The molecule has 0 radical (unpaired) electrons. The molecule has 5 rings (SSSR count). The average molecular weight is 583 g/mol. The summed E-state index contributed by atoms with van der Waals surface area (Å²) in [5.41, 5.74) is 4.36. The predicted molar refractivity (Wildman–Crippen MR) is 164 cm³/mol. The summed E-state index contributed by atoms with van der Waals surface area (Å²) in [4.78, 5) is 26.1. The number of aromatic nitrogens is 4. The van der Waals surface area contributed by atoms with Gasteiger partial charge in [-0.1, -0.05) is 24.0 Å². The summed E-state index contributed by atoms with van der Waals surface area (Å²) < 4.78 is 16.5. The Kier molecular flexibility index (Phi) is 9.41. The van der Waals surface area contributed by atoms with Gasteiger partial charge in [0.15, 0.2) is 0 Å². The molecule has 222 valence electrons. The van der Waals surface area contributed by atoms with E-state index in [0.29, 0.717) is 58.7 Å². The van der Waals surface area contributed by atoms with Gasteiger partial charge in [0.25, 0.3) is 5.91 Å². The maximum atomic E-state index is 14.9. The highest BCUT2D eigenvalue weighted by Crippen LogP contribution is 2.21. The zero-order chi connectivity index (χ0) is 30.3. The van der Waals surface area contributed by atoms with Gasteiger partial charge >= 0.3 is 0 Å². The average Bonchev–Trinajstić information content (AvgIpc) is 3.65. The molecule has 0 saturated carbocycles. The molecule has 1 aliphatic rings. The van der Waals surface area contributed by atoms with Crippen LogP contribution >= 0.6 is 0 Å². The summed E-state index contributed by atoms with van der Waals surface area (Å²) in [6, 6.07) is 10.6. The molecule has 3 heterocycles. The first-order valence-electron chi connectivity index (χ1n) is 14.1. The van der Waals surface area contributed by atoms with E-state index in [9.17, 15) is 9.18 Å². The Hall–Kier alpha value is -4.63. The fourth-order valence-electron chi connectivity index (χ4n) is 4.85. The number of aliphatic hydroxyl groups is 1. The second-order valence-electron chi connectivity index (χ2n) is 10.8. The van der Waals surface area contributed by atoms with Crippen LogP contribution in [0.5, 0.6) is 0 Å². The van der Waals surface area contributed by atoms with Gasteiger partial charge in [0.05, 0.1) is 30.6 Å². The molecule has 11 heteroatoms. The molecule has 1 fully saturated rings. The van der Waals surface area contributed by atoms with Crippen molar-refractivity contribution in [3.8, 4) is 11.8 Å². The maximum Gasteiger partial charge on any atom is 0.255 e. The van der Waals surface area contributed by atoms with Crippen molar-refractivity contribution < 1.29 is 14.3 Å². The number of amides is 1. The third kappa shape index (κ3) is 7.81. The van der Waals surface area contributed by atoms with Crippen LogP contribution in [0.15, 0.2) is 61.2 Å². The lowest BCUT2D eigenvalue weighted by atomic mass is 10.0. The second-order valence-corrected chi connectivity index (χ2v) is 10.8. The van der Waals surface area contributed by atoms with Crippen LogP contribution in [-0.2, 0) is 13.1 Å². The first-order chi connectivity index (χ1) is 20.8. The van der Waals surface area contributed by atoms with Gasteiger partial charge in [-0.2, -0.15) is 5.10 Å². The van der Waals surface area contributed by atoms with Crippen molar-refractivity contribution in [2.45, 2.75) is 32.5 Å². The Bertz CT molecular complexity index is 1640. The SMILES string of the molecule is Cc1ccc(C(=O)Nc2ccc(CN3CC[C@H](N(C)C)C3)c(F)c2)cc1C#Cc1cnc(Nc2cnn(CCO)c2)nc1. The third-order valence-corrected chi connectivity index (χ3v) is 7.39. The van der Waals surface area contributed by atoms with Crippen LogP contribution in [-0.4, -0.2) is 80.4 Å². The summed E-state index contributed by atoms with van der Waals surface area (Å²) in [6.07, 6.45) is 7.66. The Morgan fingerprint density at radius 3 is 2.65 bits per heavy atom. The van der Waals surface area contributed by atoms with Gasteiger partial charge in [0.1, 0.15) is 5.82 Å². The van der Waals surface area contributed by atoms with Crippen LogP contribution in [0.4, 0.5) is 21.7 Å². The van der Waals surface area contributed by atoms with E-state index in [-0.39, 0.29) is 18.3 Å². The lowest BCUT2D eigenvalue weighted by Crippen LogP contribution is -2.31. The number of hydrogen-bond donors (Lipinski definition) is 3. The molecule has 0 spiro atoms. The molecule has 1 aliphatic heterocycles. The summed E-state index contributed by atoms with van der Waals surface area (Å²) >= 11 is 0. The molecule has 1 atom stereocenters. The number of benzene rings is 2. The van der Waals surface area contributed by atoms with Crippen LogP contribution in [0.2, 0.25) is 0 Å². The number of aliphatic hydroxyl groups excluding tert-OH is 1. The third-order valence-electron chi connectivity index (χ3n) is 7.39. The fourth-order valence-corrected chi connectivity index (χ4v) is 4.85. The lowest BCUT2D eigenvalue weighted by molar-refractivity contribution is 0.102. The van der Waals surface area contributed by atoms with E-state index >= 15 is 0 Å². The smallest absolute Gasteiger partial charge is 0.255 e. The minimum atomic E-state index is -0.343. The van der Waals surface area contributed by atoms with Gasteiger partial charge in [0, 0.05) is 66.6 Å². The molecule has 4 aromatic rings. The van der Waals surface area contributed by atoms with Gasteiger partial charge in [-0.25, -0.2) is 14.4 Å². The van der Waals surface area contributed by atoms with Crippen molar-refractivity contribution in [1.29, 1.82) is 0 Å². The zero-order valence-electron chi connectivity index (χ0n) is 24.5. The van der Waals surface area contributed by atoms with Crippen molar-refractivity contribution >= 4 is 23.2 Å². The fraction of sp³-hybridized carbons (Fsp3) is 0.312. The number of likely N-dealkylation sites (N-methyl/N-ethyl adjacent to an activating group) is 1. The number of carbonyl (C=O) groups excluding carboxylic acids is 1. The molecular formula is C32H35FN8O2. The quantitative estimate of drug-likeness (QED) is 0.257. The molecule has 10 nitrogen and oxygen atoms in total. The number of nitrogens with zero attached hydrogens (tertiary/aromatic N) is 6. The molecular weight excluding hydrogens is 547 g/mol. The summed E-state index contributed by atoms with van der Waals surface area (Å²) in [6.45, 7) is 4.73. The standard InChI is InChI=1S/C32H35FN8O2/c1-22-4-6-25(31(43)37-27-9-8-26(30(33)15-27)19-40-11-10-29(21-40)39(2)3)14-24(22)7-5-23-16-34-32(35-17-23)38-28-18-36-41(20-28)12-13-42/h4,6,8-9,14-18,20,29,42H,10-13,19,21H2,1-3H3,(H,37,43)(H,34,35,38)/t29-/m0/s1. The van der Waals surface area contributed by atoms with Gasteiger partial charge in [-0.15, -0.1) is 0 Å². The number of rotatable bonds is 9. The van der Waals surface area contributed by atoms with E-state index in [1.165, 1.54) is 6.07 Å². The highest BCUT2D eigenvalue weighted by atomic mass is 19.1. The van der Waals surface area contributed by atoms with Crippen molar-refractivity contribution in [1.82, 2.24) is 29.5 Å². The van der Waals surface area contributed by atoms with Gasteiger partial charge < -0.3 is 20.6 Å². The van der Waals surface area contributed by atoms with Gasteiger partial charge in [-0.3, -0.25) is 14.4 Å². The summed E-state index contributed by atoms with van der Waals surface area (Å²) in [5, 5.41) is 19.0. The number of hydrogen-bond acceptors (Lipinski definition) is 8. The number of anilines is 3. The van der Waals surface area contributed by atoms with Crippen molar-refractivity contribution in [3.63, 3.8) is 0 Å². The monoisotopic (exact) mass is 582 g/mol. The Morgan fingerprint density at radius 1 is 1.12 bits per heavy atom. The van der Waals surface area contributed by atoms with Crippen LogP contribution in [0.25, 0.3) is 0 Å². The number of likely N-dealkylation sites (tertiary alicyclic amines) is 1. The number of carbonyl (C=O) groups is 1. The number of aryl methyl sites for hydroxylation is 1. The summed E-state index contributed by atoms with van der Waals surface area (Å²) in [5.74, 6) is 5.86. The van der Waals surface area contributed by atoms with Crippen molar-refractivity contribution in [3.05, 3.63) is 94.8 Å². The molecule has 43 heavy (non-hydrogen) atoms. The van der Waals surface area contributed by atoms with Crippen molar-refractivity contribution in [2.24, 2.45) is 0 Å². The highest BCUT2D eigenvalue weighted by molar-refractivity contribution is 6.04. The van der Waals surface area contributed by atoms with Crippen LogP contribution in [0.1, 0.15) is 39.0 Å². The topological polar surface area (TPSA) is 111 Å². The minimum Gasteiger partial charge on any atom is -0.394 e. The Morgan fingerprint density at radius 2 is 1.93 bits per heavy atom. The predicted octanol–water partition coefficient (Wildman–Crippen LogP) is 3.64. The van der Waals surface area contributed by atoms with Crippen molar-refractivity contribution in [2.75, 3.05) is 44.4 Å². The molecule has 0 bridgehead atoms. The normalized spacial score (nSPS) is 14.9. The van der Waals surface area contributed by atoms with E-state index in [1.807, 2.05) is 13.0 Å². The van der Waals surface area contributed by atoms with E-state index in [2.05, 4.69) is 61.4 Å². The molecule has 1 saturated heterocycles. The molecule has 2 aromatic heterocycles. The maximum absolute atomic E-state index is 14.9. The first-order valence-corrected chi connectivity index (χ1v) is 14.1. The van der Waals surface area contributed by atoms with E-state index < -0.39 is 0 Å². The Labute approximate surface area is 250 Å². The first kappa shape index (κ1) is 29.8. The van der Waals surface area contributed by atoms with Gasteiger partial charge in [0.2, 0.25) is 5.95 Å². The lowest BCUT2D eigenvalue weighted by Gasteiger charge is -2.20. The van der Waals surface area contributed by atoms with Crippen LogP contribution < -0.4 is 10.6 Å². The molecule has 0 unspecified atom stereocenters. The molecule has 2 aromatic carbocycles. The zero-order valence-corrected chi connectivity index (χ0v) is 24.5. The number of halogens is 1. The summed E-state index contributed by atoms with van der Waals surface area (Å²) in [7, 11) is 4.15. The van der Waals surface area contributed by atoms with Gasteiger partial charge in [-0.05, 0) is 57.3 Å². The second kappa shape index (κ2) is 13.6. The molecule has 3 N–H and O–H groups in total. The Balaban J connectivity index is 1.20. The van der Waals surface area contributed by atoms with Crippen LogP contribution in [0, 0.1) is 24.6 Å². The van der Waals surface area contributed by atoms with E-state index in [1.54, 1.807) is 53.7 Å². The number of nitrogens with one attached hydrogen (secondary N) is 2. The van der Waals surface area contributed by atoms with E-state index in [4.69, 9.17) is 5.11 Å². The van der Waals surface area contributed by atoms with Crippen LogP contribution in [0.3, 0.4) is 0 Å². The largest absolute Gasteiger partial charge is 0.394 e.